The lowest BCUT2D eigenvalue weighted by Gasteiger charge is -1.99. The molecule has 2 aromatic rings. The number of nitrogens with one attached hydrogen (secondary N) is 1. The predicted molar refractivity (Wildman–Crippen MR) is 71.7 cm³/mol. The van der Waals surface area contributed by atoms with E-state index in [2.05, 4.69) is 35.6 Å². The Bertz CT molecular complexity index is 558. The molecule has 17 heavy (non-hydrogen) atoms. The van der Waals surface area contributed by atoms with Crippen LogP contribution >= 0.6 is 0 Å². The summed E-state index contributed by atoms with van der Waals surface area (Å²) in [5.41, 5.74) is 1.15. The van der Waals surface area contributed by atoms with Crippen LogP contribution in [0.5, 0.6) is 0 Å². The van der Waals surface area contributed by atoms with Crippen LogP contribution in [0.1, 0.15) is 12.5 Å². The highest BCUT2D eigenvalue weighted by molar-refractivity contribution is 5.84. The SMILES string of the molecule is CC(=O)NCC=Cc1ccc2ccccc2c1. The number of carbonyl (C=O) groups excluding carboxylic acids is 1. The summed E-state index contributed by atoms with van der Waals surface area (Å²) in [7, 11) is 0. The first-order chi connectivity index (χ1) is 8.25. The lowest BCUT2D eigenvalue weighted by Crippen LogP contribution is -2.19. The van der Waals surface area contributed by atoms with E-state index in [9.17, 15) is 4.79 Å². The minimum Gasteiger partial charge on any atom is -0.353 e. The molecule has 0 aliphatic heterocycles. The first-order valence-electron chi connectivity index (χ1n) is 5.65. The molecular formula is C15H15NO. The normalized spacial score (nSPS) is 10.9. The quantitative estimate of drug-likeness (QED) is 0.854. The van der Waals surface area contributed by atoms with E-state index in [1.807, 2.05) is 24.3 Å². The zero-order valence-corrected chi connectivity index (χ0v) is 9.81. The van der Waals surface area contributed by atoms with Crippen LogP contribution < -0.4 is 5.32 Å². The van der Waals surface area contributed by atoms with Crippen molar-refractivity contribution in [3.63, 3.8) is 0 Å². The zero-order valence-electron chi connectivity index (χ0n) is 9.81. The van der Waals surface area contributed by atoms with Gasteiger partial charge in [0, 0.05) is 13.5 Å². The molecule has 2 heteroatoms. The maximum Gasteiger partial charge on any atom is 0.217 e. The van der Waals surface area contributed by atoms with Gasteiger partial charge in [-0.3, -0.25) is 4.79 Å². The van der Waals surface area contributed by atoms with Crippen LogP contribution in [0.3, 0.4) is 0 Å². The van der Waals surface area contributed by atoms with Crippen LogP contribution in [0, 0.1) is 0 Å². The maximum atomic E-state index is 10.7. The fourth-order valence-electron chi connectivity index (χ4n) is 1.71. The Morgan fingerprint density at radius 1 is 1.18 bits per heavy atom. The van der Waals surface area contributed by atoms with Crippen LogP contribution in [-0.4, -0.2) is 12.5 Å². The van der Waals surface area contributed by atoms with Crippen molar-refractivity contribution < 1.29 is 4.79 Å². The number of fused-ring (bicyclic) bond motifs is 1. The summed E-state index contributed by atoms with van der Waals surface area (Å²) >= 11 is 0. The monoisotopic (exact) mass is 225 g/mol. The van der Waals surface area contributed by atoms with Crippen molar-refractivity contribution in [1.29, 1.82) is 0 Å². The Morgan fingerprint density at radius 2 is 1.94 bits per heavy atom. The van der Waals surface area contributed by atoms with Crippen molar-refractivity contribution >= 4 is 22.8 Å². The fraction of sp³-hybridized carbons (Fsp3) is 0.133. The van der Waals surface area contributed by atoms with Crippen molar-refractivity contribution in [2.75, 3.05) is 6.54 Å². The molecule has 1 N–H and O–H groups in total. The lowest BCUT2D eigenvalue weighted by molar-refractivity contribution is -0.118. The average Bonchev–Trinajstić information content (AvgIpc) is 2.34. The number of amides is 1. The van der Waals surface area contributed by atoms with Gasteiger partial charge in [-0.15, -0.1) is 0 Å². The van der Waals surface area contributed by atoms with Gasteiger partial charge in [-0.1, -0.05) is 48.6 Å². The second-order valence-electron chi connectivity index (χ2n) is 3.95. The third kappa shape index (κ3) is 3.18. The standard InChI is InChI=1S/C15H15NO/c1-12(17)16-10-4-5-13-8-9-14-6-2-3-7-15(14)11-13/h2-9,11H,10H2,1H3,(H,16,17). The smallest absolute Gasteiger partial charge is 0.217 e. The van der Waals surface area contributed by atoms with Crippen molar-refractivity contribution in [2.24, 2.45) is 0 Å². The summed E-state index contributed by atoms with van der Waals surface area (Å²) in [6, 6.07) is 14.6. The second-order valence-corrected chi connectivity index (χ2v) is 3.95. The number of rotatable bonds is 3. The molecule has 2 rings (SSSR count). The minimum absolute atomic E-state index is 0.00633. The van der Waals surface area contributed by atoms with E-state index in [1.165, 1.54) is 17.7 Å². The molecule has 2 aromatic carbocycles. The Hall–Kier alpha value is -2.09. The van der Waals surface area contributed by atoms with Gasteiger partial charge in [0.15, 0.2) is 0 Å². The van der Waals surface area contributed by atoms with Gasteiger partial charge < -0.3 is 5.32 Å². The van der Waals surface area contributed by atoms with E-state index in [0.717, 1.165) is 5.56 Å². The van der Waals surface area contributed by atoms with Crippen LogP contribution in [0.25, 0.3) is 16.8 Å². The molecule has 0 bridgehead atoms. The summed E-state index contributed by atoms with van der Waals surface area (Å²) in [5.74, 6) is -0.00633. The summed E-state index contributed by atoms with van der Waals surface area (Å²) in [5, 5.41) is 5.20. The molecular weight excluding hydrogens is 210 g/mol. The van der Waals surface area contributed by atoms with Crippen molar-refractivity contribution in [3.8, 4) is 0 Å². The summed E-state index contributed by atoms with van der Waals surface area (Å²) in [4.78, 5) is 10.7. The third-order valence-electron chi connectivity index (χ3n) is 2.55. The van der Waals surface area contributed by atoms with Gasteiger partial charge in [-0.25, -0.2) is 0 Å². The van der Waals surface area contributed by atoms with Crippen molar-refractivity contribution in [3.05, 3.63) is 54.1 Å². The highest BCUT2D eigenvalue weighted by Crippen LogP contribution is 2.16. The van der Waals surface area contributed by atoms with Crippen LogP contribution in [-0.2, 0) is 4.79 Å². The molecule has 0 aromatic heterocycles. The number of carbonyl (C=O) groups is 1. The average molecular weight is 225 g/mol. The van der Waals surface area contributed by atoms with Gasteiger partial charge in [0.05, 0.1) is 0 Å². The Balaban J connectivity index is 2.11. The first-order valence-corrected chi connectivity index (χ1v) is 5.65. The van der Waals surface area contributed by atoms with Crippen molar-refractivity contribution in [1.82, 2.24) is 5.32 Å². The predicted octanol–water partition coefficient (Wildman–Crippen LogP) is 2.99. The Labute approximate surface area is 101 Å². The summed E-state index contributed by atoms with van der Waals surface area (Å²) in [6.45, 7) is 2.09. The minimum atomic E-state index is -0.00633. The van der Waals surface area contributed by atoms with Gasteiger partial charge in [0.1, 0.15) is 0 Å². The number of benzene rings is 2. The molecule has 0 aliphatic rings. The van der Waals surface area contributed by atoms with Crippen molar-refractivity contribution in [2.45, 2.75) is 6.92 Å². The largest absolute Gasteiger partial charge is 0.353 e. The molecule has 0 atom stereocenters. The number of hydrogen-bond acceptors (Lipinski definition) is 1. The van der Waals surface area contributed by atoms with Gasteiger partial charge >= 0.3 is 0 Å². The van der Waals surface area contributed by atoms with Gasteiger partial charge in [0.2, 0.25) is 5.91 Å². The summed E-state index contributed by atoms with van der Waals surface area (Å²) < 4.78 is 0. The summed E-state index contributed by atoms with van der Waals surface area (Å²) in [6.07, 6.45) is 3.97. The second kappa shape index (κ2) is 5.30. The van der Waals surface area contributed by atoms with Crippen LogP contribution in [0.15, 0.2) is 48.5 Å². The van der Waals surface area contributed by atoms with Gasteiger partial charge in [-0.2, -0.15) is 0 Å². The van der Waals surface area contributed by atoms with E-state index in [4.69, 9.17) is 0 Å². The molecule has 0 saturated carbocycles. The third-order valence-corrected chi connectivity index (χ3v) is 2.55. The molecule has 0 aliphatic carbocycles. The molecule has 0 unspecified atom stereocenters. The molecule has 86 valence electrons. The van der Waals surface area contributed by atoms with E-state index in [0.29, 0.717) is 6.54 Å². The lowest BCUT2D eigenvalue weighted by atomic mass is 10.1. The van der Waals surface area contributed by atoms with E-state index >= 15 is 0 Å². The van der Waals surface area contributed by atoms with E-state index < -0.39 is 0 Å². The van der Waals surface area contributed by atoms with E-state index in [1.54, 1.807) is 0 Å². The molecule has 0 fully saturated rings. The van der Waals surface area contributed by atoms with Crippen LogP contribution in [0.2, 0.25) is 0 Å². The Morgan fingerprint density at radius 3 is 2.71 bits per heavy atom. The number of hydrogen-bond donors (Lipinski definition) is 1. The Kier molecular flexibility index (Phi) is 3.55. The molecule has 0 radical (unpaired) electrons. The van der Waals surface area contributed by atoms with Gasteiger partial charge in [-0.05, 0) is 22.4 Å². The van der Waals surface area contributed by atoms with Gasteiger partial charge in [0.25, 0.3) is 0 Å². The topological polar surface area (TPSA) is 29.1 Å². The molecule has 0 saturated heterocycles. The zero-order chi connectivity index (χ0) is 12.1. The molecule has 0 heterocycles. The van der Waals surface area contributed by atoms with E-state index in [-0.39, 0.29) is 5.91 Å². The highest BCUT2D eigenvalue weighted by Gasteiger charge is 1.92. The first kappa shape index (κ1) is 11.4. The highest BCUT2D eigenvalue weighted by atomic mass is 16.1. The maximum absolute atomic E-state index is 10.7. The molecule has 2 nitrogen and oxygen atoms in total. The molecule has 1 amide bonds. The molecule has 0 spiro atoms. The van der Waals surface area contributed by atoms with Crippen LogP contribution in [0.4, 0.5) is 0 Å². The fourth-order valence-corrected chi connectivity index (χ4v) is 1.71.